The molecular weight excluding hydrogens is 228 g/mol. The van der Waals surface area contributed by atoms with Gasteiger partial charge in [0.15, 0.2) is 0 Å². The Morgan fingerprint density at radius 3 is 2.89 bits per heavy atom. The highest BCUT2D eigenvalue weighted by molar-refractivity contribution is 5.48. The first kappa shape index (κ1) is 12.4. The van der Waals surface area contributed by atoms with Gasteiger partial charge in [0.2, 0.25) is 0 Å². The normalized spacial score (nSPS) is 10.4. The molecule has 0 saturated carbocycles. The fourth-order valence-corrected chi connectivity index (χ4v) is 1.74. The van der Waals surface area contributed by atoms with Crippen molar-refractivity contribution in [1.29, 1.82) is 0 Å². The van der Waals surface area contributed by atoms with Gasteiger partial charge in [-0.15, -0.1) is 0 Å². The highest BCUT2D eigenvalue weighted by Gasteiger charge is 2.08. The van der Waals surface area contributed by atoms with Crippen molar-refractivity contribution in [2.75, 3.05) is 23.8 Å². The molecule has 0 aliphatic rings. The molecule has 0 aliphatic heterocycles. The molecule has 2 aromatic rings. The molecule has 18 heavy (non-hydrogen) atoms. The van der Waals surface area contributed by atoms with Crippen LogP contribution in [0.3, 0.4) is 0 Å². The molecule has 2 heterocycles. The number of hydrogen-bond acceptors (Lipinski definition) is 5. The Bertz CT molecular complexity index is 496. The van der Waals surface area contributed by atoms with Gasteiger partial charge in [-0.3, -0.25) is 0 Å². The van der Waals surface area contributed by atoms with Crippen LogP contribution in [-0.2, 0) is 6.54 Å². The van der Waals surface area contributed by atoms with Gasteiger partial charge in [-0.05, 0) is 26.0 Å². The molecule has 0 amide bonds. The molecule has 0 bridgehead atoms. The van der Waals surface area contributed by atoms with E-state index in [0.717, 1.165) is 29.8 Å². The molecule has 5 nitrogen and oxygen atoms in total. The number of rotatable bonds is 5. The highest BCUT2D eigenvalue weighted by Crippen LogP contribution is 2.16. The summed E-state index contributed by atoms with van der Waals surface area (Å²) >= 11 is 0. The lowest BCUT2D eigenvalue weighted by molar-refractivity contribution is 0.507. The summed E-state index contributed by atoms with van der Waals surface area (Å²) in [5.74, 6) is 3.41. The van der Waals surface area contributed by atoms with E-state index in [2.05, 4.69) is 15.3 Å². The smallest absolute Gasteiger partial charge is 0.134 e. The minimum atomic E-state index is 0.690. The molecule has 0 atom stereocenters. The maximum absolute atomic E-state index is 5.33. The lowest BCUT2D eigenvalue weighted by Gasteiger charge is -2.18. The topological polar surface area (TPSA) is 54.2 Å². The number of nitrogens with one attached hydrogen (secondary N) is 1. The zero-order chi connectivity index (χ0) is 13.0. The van der Waals surface area contributed by atoms with E-state index < -0.39 is 0 Å². The summed E-state index contributed by atoms with van der Waals surface area (Å²) in [6.07, 6.45) is 1.68. The van der Waals surface area contributed by atoms with E-state index in [1.807, 2.05) is 44.0 Å². The van der Waals surface area contributed by atoms with Gasteiger partial charge in [-0.25, -0.2) is 9.97 Å². The van der Waals surface area contributed by atoms with E-state index in [-0.39, 0.29) is 0 Å². The number of nitrogens with zero attached hydrogens (tertiary/aromatic N) is 3. The van der Waals surface area contributed by atoms with Crippen molar-refractivity contribution in [3.8, 4) is 0 Å². The molecule has 5 heteroatoms. The largest absolute Gasteiger partial charge is 0.467 e. The first-order chi connectivity index (χ1) is 8.69. The Morgan fingerprint density at radius 2 is 2.22 bits per heavy atom. The van der Waals surface area contributed by atoms with Crippen LogP contribution in [-0.4, -0.2) is 23.6 Å². The second kappa shape index (κ2) is 5.53. The van der Waals surface area contributed by atoms with Crippen LogP contribution in [0.4, 0.5) is 11.6 Å². The molecule has 2 rings (SSSR count). The zero-order valence-electron chi connectivity index (χ0n) is 11.0. The van der Waals surface area contributed by atoms with Crippen molar-refractivity contribution in [2.45, 2.75) is 20.4 Å². The predicted molar refractivity (Wildman–Crippen MR) is 71.7 cm³/mol. The van der Waals surface area contributed by atoms with Gasteiger partial charge in [-0.2, -0.15) is 0 Å². The predicted octanol–water partition coefficient (Wildman–Crippen LogP) is 2.45. The van der Waals surface area contributed by atoms with E-state index in [1.54, 1.807) is 6.26 Å². The summed E-state index contributed by atoms with van der Waals surface area (Å²) in [4.78, 5) is 10.8. The Balaban J connectivity index is 2.16. The molecular formula is C13H18N4O. The lowest BCUT2D eigenvalue weighted by Crippen LogP contribution is -2.18. The molecule has 0 radical (unpaired) electrons. The maximum Gasteiger partial charge on any atom is 0.134 e. The van der Waals surface area contributed by atoms with Gasteiger partial charge < -0.3 is 14.6 Å². The van der Waals surface area contributed by atoms with Crippen LogP contribution in [0.2, 0.25) is 0 Å². The molecule has 96 valence electrons. The van der Waals surface area contributed by atoms with Crippen LogP contribution in [0.5, 0.6) is 0 Å². The Morgan fingerprint density at radius 1 is 1.39 bits per heavy atom. The van der Waals surface area contributed by atoms with Gasteiger partial charge in [0, 0.05) is 19.7 Å². The van der Waals surface area contributed by atoms with Crippen molar-refractivity contribution in [3.05, 3.63) is 36.0 Å². The SMILES string of the molecule is CCNc1cc(N(C)Cc2ccco2)nc(C)n1. The second-order valence-electron chi connectivity index (χ2n) is 4.12. The van der Waals surface area contributed by atoms with Gasteiger partial charge in [0.1, 0.15) is 23.2 Å². The lowest BCUT2D eigenvalue weighted by atomic mass is 10.4. The third-order valence-electron chi connectivity index (χ3n) is 2.55. The van der Waals surface area contributed by atoms with Gasteiger partial charge in [0.05, 0.1) is 12.8 Å². The Labute approximate surface area is 107 Å². The zero-order valence-corrected chi connectivity index (χ0v) is 11.0. The van der Waals surface area contributed by atoms with Crippen LogP contribution in [0.1, 0.15) is 18.5 Å². The first-order valence-corrected chi connectivity index (χ1v) is 6.02. The standard InChI is InChI=1S/C13H18N4O/c1-4-14-12-8-13(16-10(2)15-12)17(3)9-11-6-5-7-18-11/h5-8H,4,9H2,1-3H3,(H,14,15,16). The van der Waals surface area contributed by atoms with Crippen LogP contribution in [0, 0.1) is 6.92 Å². The van der Waals surface area contributed by atoms with E-state index in [9.17, 15) is 0 Å². The van der Waals surface area contributed by atoms with Gasteiger partial charge >= 0.3 is 0 Å². The number of aromatic nitrogens is 2. The van der Waals surface area contributed by atoms with Crippen LogP contribution in [0.15, 0.2) is 28.9 Å². The fourth-order valence-electron chi connectivity index (χ4n) is 1.74. The van der Waals surface area contributed by atoms with Gasteiger partial charge in [-0.1, -0.05) is 0 Å². The van der Waals surface area contributed by atoms with Gasteiger partial charge in [0.25, 0.3) is 0 Å². The number of hydrogen-bond donors (Lipinski definition) is 1. The summed E-state index contributed by atoms with van der Waals surface area (Å²) in [6.45, 7) is 5.47. The van der Waals surface area contributed by atoms with E-state index >= 15 is 0 Å². The highest BCUT2D eigenvalue weighted by atomic mass is 16.3. The Hall–Kier alpha value is -2.04. The van der Waals surface area contributed by atoms with Crippen molar-refractivity contribution >= 4 is 11.6 Å². The fraction of sp³-hybridized carbons (Fsp3) is 0.385. The van der Waals surface area contributed by atoms with Crippen molar-refractivity contribution in [3.63, 3.8) is 0 Å². The van der Waals surface area contributed by atoms with Crippen molar-refractivity contribution < 1.29 is 4.42 Å². The molecule has 0 fully saturated rings. The number of anilines is 2. The minimum absolute atomic E-state index is 0.690. The Kier molecular flexibility index (Phi) is 3.82. The average Bonchev–Trinajstić information content (AvgIpc) is 2.81. The molecule has 0 aromatic carbocycles. The van der Waals surface area contributed by atoms with E-state index in [1.165, 1.54) is 0 Å². The van der Waals surface area contributed by atoms with E-state index in [4.69, 9.17) is 4.42 Å². The number of furan rings is 1. The summed E-state index contributed by atoms with van der Waals surface area (Å²) in [5.41, 5.74) is 0. The van der Waals surface area contributed by atoms with Crippen LogP contribution >= 0.6 is 0 Å². The molecule has 2 aromatic heterocycles. The van der Waals surface area contributed by atoms with Crippen molar-refractivity contribution in [2.24, 2.45) is 0 Å². The summed E-state index contributed by atoms with van der Waals surface area (Å²) in [5, 5.41) is 3.20. The quantitative estimate of drug-likeness (QED) is 0.878. The average molecular weight is 246 g/mol. The number of aryl methyl sites for hydroxylation is 1. The van der Waals surface area contributed by atoms with E-state index in [0.29, 0.717) is 6.54 Å². The summed E-state index contributed by atoms with van der Waals surface area (Å²) in [6, 6.07) is 5.79. The van der Waals surface area contributed by atoms with Crippen molar-refractivity contribution in [1.82, 2.24) is 9.97 Å². The third kappa shape index (κ3) is 3.00. The second-order valence-corrected chi connectivity index (χ2v) is 4.12. The monoisotopic (exact) mass is 246 g/mol. The maximum atomic E-state index is 5.33. The van der Waals surface area contributed by atoms with Crippen LogP contribution < -0.4 is 10.2 Å². The molecule has 0 aliphatic carbocycles. The molecule has 1 N–H and O–H groups in total. The van der Waals surface area contributed by atoms with Crippen LogP contribution in [0.25, 0.3) is 0 Å². The minimum Gasteiger partial charge on any atom is -0.467 e. The molecule has 0 unspecified atom stereocenters. The first-order valence-electron chi connectivity index (χ1n) is 6.02. The summed E-state index contributed by atoms with van der Waals surface area (Å²) in [7, 11) is 1.99. The summed E-state index contributed by atoms with van der Waals surface area (Å²) < 4.78 is 5.33. The molecule has 0 saturated heterocycles. The molecule has 0 spiro atoms. The third-order valence-corrected chi connectivity index (χ3v) is 2.55.